The van der Waals surface area contributed by atoms with Crippen LogP contribution in [0.2, 0.25) is 10.3 Å². The van der Waals surface area contributed by atoms with Gasteiger partial charge in [-0.15, -0.1) is 0 Å². The van der Waals surface area contributed by atoms with Crippen molar-refractivity contribution in [2.45, 2.75) is 12.5 Å². The van der Waals surface area contributed by atoms with Gasteiger partial charge in [0.05, 0.1) is 19.1 Å². The molecule has 0 radical (unpaired) electrons. The van der Waals surface area contributed by atoms with Crippen molar-refractivity contribution in [2.24, 2.45) is 0 Å². The Kier molecular flexibility index (Phi) is 5.72. The minimum atomic E-state index is -1.43. The SMILES string of the molecule is COC(=O)C[C@H](NC(=O)c1ccc(Cl)nc1Cl)C(=O)O. The summed E-state index contributed by atoms with van der Waals surface area (Å²) in [4.78, 5) is 37.6. The van der Waals surface area contributed by atoms with E-state index in [0.29, 0.717) is 0 Å². The third-order valence-electron chi connectivity index (χ3n) is 2.26. The molecular formula is C11H10Cl2N2O5. The highest BCUT2D eigenvalue weighted by Gasteiger charge is 2.25. The first-order chi connectivity index (χ1) is 9.35. The van der Waals surface area contributed by atoms with Gasteiger partial charge in [-0.05, 0) is 12.1 Å². The Morgan fingerprint density at radius 3 is 2.55 bits per heavy atom. The molecule has 1 atom stereocenters. The lowest BCUT2D eigenvalue weighted by Gasteiger charge is -2.13. The third kappa shape index (κ3) is 4.36. The number of methoxy groups -OCH3 is 1. The highest BCUT2D eigenvalue weighted by atomic mass is 35.5. The number of nitrogens with zero attached hydrogens (tertiary/aromatic N) is 1. The lowest BCUT2D eigenvalue weighted by molar-refractivity contribution is -0.147. The quantitative estimate of drug-likeness (QED) is 0.622. The Balaban J connectivity index is 2.85. The number of carbonyl (C=O) groups is 3. The van der Waals surface area contributed by atoms with Crippen LogP contribution in [-0.4, -0.2) is 41.1 Å². The van der Waals surface area contributed by atoms with E-state index in [0.717, 1.165) is 7.11 Å². The molecule has 2 N–H and O–H groups in total. The average molecular weight is 321 g/mol. The molecule has 1 aromatic heterocycles. The maximum Gasteiger partial charge on any atom is 0.326 e. The predicted octanol–water partition coefficient (Wildman–Crippen LogP) is 1.13. The van der Waals surface area contributed by atoms with Crippen molar-refractivity contribution in [1.82, 2.24) is 10.3 Å². The molecule has 20 heavy (non-hydrogen) atoms. The van der Waals surface area contributed by atoms with Gasteiger partial charge in [0.25, 0.3) is 5.91 Å². The summed E-state index contributed by atoms with van der Waals surface area (Å²) < 4.78 is 4.35. The van der Waals surface area contributed by atoms with Gasteiger partial charge in [-0.2, -0.15) is 0 Å². The number of hydrogen-bond acceptors (Lipinski definition) is 5. The number of ether oxygens (including phenoxy) is 1. The van der Waals surface area contributed by atoms with E-state index >= 15 is 0 Å². The van der Waals surface area contributed by atoms with Crippen LogP contribution in [0.15, 0.2) is 12.1 Å². The van der Waals surface area contributed by atoms with Gasteiger partial charge in [0.1, 0.15) is 16.3 Å². The zero-order chi connectivity index (χ0) is 15.3. The van der Waals surface area contributed by atoms with Crippen LogP contribution in [0.1, 0.15) is 16.8 Å². The second-order valence-electron chi connectivity index (χ2n) is 3.62. The standard InChI is InChI=1S/C11H10Cl2N2O5/c1-20-8(16)4-6(11(18)19)14-10(17)5-2-3-7(12)15-9(5)13/h2-3,6H,4H2,1H3,(H,14,17)(H,18,19)/t6-/m0/s1. The molecule has 108 valence electrons. The van der Waals surface area contributed by atoms with Crippen LogP contribution in [0.3, 0.4) is 0 Å². The van der Waals surface area contributed by atoms with Gasteiger partial charge in [-0.25, -0.2) is 9.78 Å². The molecule has 1 aromatic rings. The predicted molar refractivity (Wildman–Crippen MR) is 69.8 cm³/mol. The van der Waals surface area contributed by atoms with Crippen molar-refractivity contribution in [3.05, 3.63) is 28.0 Å². The Morgan fingerprint density at radius 1 is 1.40 bits per heavy atom. The van der Waals surface area contributed by atoms with Crippen LogP contribution in [0.4, 0.5) is 0 Å². The van der Waals surface area contributed by atoms with Gasteiger partial charge in [-0.1, -0.05) is 23.2 Å². The minimum absolute atomic E-state index is 0.0489. The Hall–Kier alpha value is -1.86. The summed E-state index contributed by atoms with van der Waals surface area (Å²) in [5.74, 6) is -2.92. The number of halogens is 2. The Labute approximate surface area is 123 Å². The van der Waals surface area contributed by atoms with Gasteiger partial charge >= 0.3 is 11.9 Å². The second-order valence-corrected chi connectivity index (χ2v) is 4.36. The molecule has 1 heterocycles. The number of rotatable bonds is 5. The Bertz CT molecular complexity index is 550. The normalized spacial score (nSPS) is 11.6. The fraction of sp³-hybridized carbons (Fsp3) is 0.273. The molecule has 0 aliphatic rings. The molecule has 0 aromatic carbocycles. The van der Waals surface area contributed by atoms with E-state index in [1.165, 1.54) is 12.1 Å². The summed E-state index contributed by atoms with van der Waals surface area (Å²) >= 11 is 11.3. The van der Waals surface area contributed by atoms with Crippen LogP contribution < -0.4 is 5.32 Å². The van der Waals surface area contributed by atoms with Crippen molar-refractivity contribution in [1.29, 1.82) is 0 Å². The Morgan fingerprint density at radius 2 is 2.05 bits per heavy atom. The number of nitrogens with one attached hydrogen (secondary N) is 1. The molecular weight excluding hydrogens is 311 g/mol. The van der Waals surface area contributed by atoms with Gasteiger partial charge < -0.3 is 15.2 Å². The van der Waals surface area contributed by atoms with E-state index in [9.17, 15) is 14.4 Å². The zero-order valence-electron chi connectivity index (χ0n) is 10.2. The molecule has 0 bridgehead atoms. The first-order valence-corrected chi connectivity index (χ1v) is 6.03. The molecule has 0 aliphatic carbocycles. The van der Waals surface area contributed by atoms with E-state index < -0.39 is 30.3 Å². The number of esters is 1. The van der Waals surface area contributed by atoms with Gasteiger partial charge in [0.2, 0.25) is 0 Å². The molecule has 0 spiro atoms. The third-order valence-corrected chi connectivity index (χ3v) is 2.76. The van der Waals surface area contributed by atoms with Crippen molar-refractivity contribution < 1.29 is 24.2 Å². The van der Waals surface area contributed by atoms with E-state index in [4.69, 9.17) is 28.3 Å². The van der Waals surface area contributed by atoms with Crippen LogP contribution in [0.5, 0.6) is 0 Å². The summed E-state index contributed by atoms with van der Waals surface area (Å²) in [7, 11) is 1.11. The number of carboxylic acids is 1. The van der Waals surface area contributed by atoms with Gasteiger partial charge in [-0.3, -0.25) is 9.59 Å². The minimum Gasteiger partial charge on any atom is -0.480 e. The molecule has 9 heteroatoms. The van der Waals surface area contributed by atoms with Crippen LogP contribution in [0, 0.1) is 0 Å². The summed E-state index contributed by atoms with van der Waals surface area (Å²) in [6.45, 7) is 0. The lowest BCUT2D eigenvalue weighted by Crippen LogP contribution is -2.42. The number of aliphatic carboxylic acids is 1. The maximum atomic E-state index is 11.9. The summed E-state index contributed by atoms with van der Waals surface area (Å²) in [5, 5.41) is 11.0. The van der Waals surface area contributed by atoms with E-state index in [2.05, 4.69) is 15.0 Å². The molecule has 1 rings (SSSR count). The van der Waals surface area contributed by atoms with E-state index in [1.807, 2.05) is 0 Å². The van der Waals surface area contributed by atoms with Crippen molar-refractivity contribution in [2.75, 3.05) is 7.11 Å². The van der Waals surface area contributed by atoms with Crippen molar-refractivity contribution in [3.8, 4) is 0 Å². The number of carbonyl (C=O) groups excluding carboxylic acids is 2. The van der Waals surface area contributed by atoms with Crippen molar-refractivity contribution in [3.63, 3.8) is 0 Å². The highest BCUT2D eigenvalue weighted by molar-refractivity contribution is 6.34. The van der Waals surface area contributed by atoms with E-state index in [1.54, 1.807) is 0 Å². The largest absolute Gasteiger partial charge is 0.480 e. The number of pyridine rings is 1. The fourth-order valence-corrected chi connectivity index (χ4v) is 1.70. The topological polar surface area (TPSA) is 106 Å². The molecule has 0 saturated heterocycles. The van der Waals surface area contributed by atoms with Crippen LogP contribution >= 0.6 is 23.2 Å². The molecule has 0 unspecified atom stereocenters. The zero-order valence-corrected chi connectivity index (χ0v) is 11.7. The lowest BCUT2D eigenvalue weighted by atomic mass is 10.2. The number of amides is 1. The smallest absolute Gasteiger partial charge is 0.326 e. The first kappa shape index (κ1) is 16.2. The van der Waals surface area contributed by atoms with Gasteiger partial charge in [0, 0.05) is 0 Å². The second kappa shape index (κ2) is 7.06. The maximum absolute atomic E-state index is 11.9. The molecule has 1 amide bonds. The number of carboxylic acid groups (broad SMARTS) is 1. The molecule has 0 aliphatic heterocycles. The molecule has 7 nitrogen and oxygen atoms in total. The van der Waals surface area contributed by atoms with Gasteiger partial charge in [0.15, 0.2) is 0 Å². The van der Waals surface area contributed by atoms with Crippen LogP contribution in [-0.2, 0) is 14.3 Å². The first-order valence-electron chi connectivity index (χ1n) is 5.27. The van der Waals surface area contributed by atoms with E-state index in [-0.39, 0.29) is 15.9 Å². The summed E-state index contributed by atoms with van der Waals surface area (Å²) in [6.07, 6.45) is -0.504. The van der Waals surface area contributed by atoms with Crippen LogP contribution in [0.25, 0.3) is 0 Å². The summed E-state index contributed by atoms with van der Waals surface area (Å²) in [6, 6.07) is 1.20. The molecule has 0 fully saturated rings. The molecule has 0 saturated carbocycles. The average Bonchev–Trinajstić information content (AvgIpc) is 2.37. The van der Waals surface area contributed by atoms with Crippen molar-refractivity contribution >= 4 is 41.0 Å². The number of aromatic nitrogens is 1. The monoisotopic (exact) mass is 320 g/mol. The fourth-order valence-electron chi connectivity index (χ4n) is 1.27. The highest BCUT2D eigenvalue weighted by Crippen LogP contribution is 2.16. The number of hydrogen-bond donors (Lipinski definition) is 2. The summed E-state index contributed by atoms with van der Waals surface area (Å²) in [5.41, 5.74) is -0.0489.